The average Bonchev–Trinajstić information content (AvgIpc) is 2.27. The van der Waals surface area contributed by atoms with Gasteiger partial charge in [-0.05, 0) is 36.2 Å². The fourth-order valence-electron chi connectivity index (χ4n) is 2.99. The van der Waals surface area contributed by atoms with Crippen LogP contribution in [0.15, 0.2) is 23.8 Å². The predicted molar refractivity (Wildman–Crippen MR) is 75.2 cm³/mol. The lowest BCUT2D eigenvalue weighted by molar-refractivity contribution is -0.134. The molecule has 1 aliphatic carbocycles. The molecule has 18 heavy (non-hydrogen) atoms. The van der Waals surface area contributed by atoms with Crippen LogP contribution in [0.3, 0.4) is 0 Å². The number of hydrogen-bond acceptors (Lipinski definition) is 2. The van der Waals surface area contributed by atoms with Gasteiger partial charge in [0.15, 0.2) is 0 Å². The van der Waals surface area contributed by atoms with Crippen molar-refractivity contribution in [2.45, 2.75) is 47.0 Å². The molecular formula is C16H26O2. The summed E-state index contributed by atoms with van der Waals surface area (Å²) >= 11 is 0. The van der Waals surface area contributed by atoms with E-state index in [0.717, 1.165) is 11.5 Å². The topological polar surface area (TPSA) is 26.3 Å². The smallest absolute Gasteiger partial charge is 0.330 e. The maximum Gasteiger partial charge on any atom is 0.330 e. The Morgan fingerprint density at radius 3 is 2.61 bits per heavy atom. The molecule has 1 saturated carbocycles. The highest BCUT2D eigenvalue weighted by Gasteiger charge is 2.34. The Morgan fingerprint density at radius 2 is 2.06 bits per heavy atom. The number of allylic oxidation sites excluding steroid dienone is 3. The molecule has 0 unspecified atom stereocenters. The summed E-state index contributed by atoms with van der Waals surface area (Å²) < 4.78 is 4.63. The van der Waals surface area contributed by atoms with Crippen molar-refractivity contribution < 1.29 is 9.53 Å². The third-order valence-corrected chi connectivity index (χ3v) is 4.11. The molecule has 0 aromatic rings. The summed E-state index contributed by atoms with van der Waals surface area (Å²) in [5, 5.41) is 0. The first-order valence-corrected chi connectivity index (χ1v) is 6.81. The summed E-state index contributed by atoms with van der Waals surface area (Å²) in [6.07, 6.45) is 9.79. The minimum absolute atomic E-state index is 0.284. The molecule has 0 N–H and O–H groups in total. The zero-order valence-corrected chi connectivity index (χ0v) is 12.3. The van der Waals surface area contributed by atoms with E-state index in [4.69, 9.17) is 0 Å². The molecule has 2 heteroatoms. The van der Waals surface area contributed by atoms with Crippen LogP contribution in [-0.4, -0.2) is 13.1 Å². The van der Waals surface area contributed by atoms with Crippen LogP contribution in [0.5, 0.6) is 0 Å². The molecule has 0 amide bonds. The minimum atomic E-state index is -0.284. The van der Waals surface area contributed by atoms with E-state index in [1.165, 1.54) is 32.4 Å². The first-order chi connectivity index (χ1) is 8.36. The zero-order chi connectivity index (χ0) is 13.8. The fourth-order valence-corrected chi connectivity index (χ4v) is 2.99. The van der Waals surface area contributed by atoms with Crippen LogP contribution in [0, 0.1) is 17.3 Å². The summed E-state index contributed by atoms with van der Waals surface area (Å²) in [5.74, 6) is 1.02. The monoisotopic (exact) mass is 250 g/mol. The van der Waals surface area contributed by atoms with Gasteiger partial charge in [0.25, 0.3) is 0 Å². The first kappa shape index (κ1) is 15.0. The molecule has 0 radical (unpaired) electrons. The van der Waals surface area contributed by atoms with Crippen molar-refractivity contribution in [2.75, 3.05) is 7.11 Å². The number of carbonyl (C=O) groups is 1. The van der Waals surface area contributed by atoms with Crippen molar-refractivity contribution in [3.63, 3.8) is 0 Å². The summed E-state index contributed by atoms with van der Waals surface area (Å²) in [6, 6.07) is 0. The Morgan fingerprint density at radius 1 is 1.39 bits per heavy atom. The van der Waals surface area contributed by atoms with E-state index in [0.29, 0.717) is 11.3 Å². The second-order valence-corrected chi connectivity index (χ2v) is 6.15. The second-order valence-electron chi connectivity index (χ2n) is 6.15. The van der Waals surface area contributed by atoms with Crippen LogP contribution in [0.4, 0.5) is 0 Å². The van der Waals surface area contributed by atoms with Crippen LogP contribution in [0.1, 0.15) is 47.0 Å². The fraction of sp³-hybridized carbons (Fsp3) is 0.688. The summed E-state index contributed by atoms with van der Waals surface area (Å²) in [7, 11) is 1.40. The molecule has 0 heterocycles. The molecule has 2 nitrogen and oxygen atoms in total. The van der Waals surface area contributed by atoms with Gasteiger partial charge in [0.2, 0.25) is 0 Å². The molecule has 0 aliphatic heterocycles. The van der Waals surface area contributed by atoms with Gasteiger partial charge in [-0.1, -0.05) is 45.8 Å². The van der Waals surface area contributed by atoms with Crippen molar-refractivity contribution >= 4 is 5.97 Å². The van der Waals surface area contributed by atoms with E-state index in [-0.39, 0.29) is 5.97 Å². The van der Waals surface area contributed by atoms with E-state index < -0.39 is 0 Å². The zero-order valence-electron chi connectivity index (χ0n) is 12.3. The van der Waals surface area contributed by atoms with Crippen LogP contribution in [0.2, 0.25) is 0 Å². The SMILES string of the molecule is COC(=O)/C=C(C)/C=C/[C@H]1[C@@H](C)CCCC1(C)C. The van der Waals surface area contributed by atoms with Gasteiger partial charge in [-0.2, -0.15) is 0 Å². The highest BCUT2D eigenvalue weighted by atomic mass is 16.5. The van der Waals surface area contributed by atoms with E-state index in [1.807, 2.05) is 6.92 Å². The number of carbonyl (C=O) groups excluding carboxylic acids is 1. The lowest BCUT2D eigenvalue weighted by Crippen LogP contribution is -2.32. The molecule has 2 atom stereocenters. The lowest BCUT2D eigenvalue weighted by Gasteiger charge is -2.41. The molecule has 1 rings (SSSR count). The molecule has 0 aromatic heterocycles. The van der Waals surface area contributed by atoms with Gasteiger partial charge in [-0.3, -0.25) is 0 Å². The van der Waals surface area contributed by atoms with Gasteiger partial charge in [-0.25, -0.2) is 4.79 Å². The largest absolute Gasteiger partial charge is 0.466 e. The summed E-state index contributed by atoms with van der Waals surface area (Å²) in [5.41, 5.74) is 1.31. The van der Waals surface area contributed by atoms with E-state index >= 15 is 0 Å². The summed E-state index contributed by atoms with van der Waals surface area (Å²) in [4.78, 5) is 11.1. The number of ether oxygens (including phenoxy) is 1. The lowest BCUT2D eigenvalue weighted by atomic mass is 9.64. The van der Waals surface area contributed by atoms with Crippen LogP contribution >= 0.6 is 0 Å². The minimum Gasteiger partial charge on any atom is -0.466 e. The Hall–Kier alpha value is -1.05. The summed E-state index contributed by atoms with van der Waals surface area (Å²) in [6.45, 7) is 8.96. The maximum absolute atomic E-state index is 11.1. The standard InChI is InChI=1S/C16H26O2/c1-12(11-15(17)18-5)8-9-14-13(2)7-6-10-16(14,3)4/h8-9,11,13-14H,6-7,10H2,1-5H3/b9-8+,12-11+/t13-,14-/m0/s1. The number of methoxy groups -OCH3 is 1. The second kappa shape index (κ2) is 6.21. The van der Waals surface area contributed by atoms with Crippen molar-refractivity contribution in [3.05, 3.63) is 23.8 Å². The molecule has 0 saturated heterocycles. The van der Waals surface area contributed by atoms with Gasteiger partial charge >= 0.3 is 5.97 Å². The number of rotatable bonds is 3. The Kier molecular flexibility index (Phi) is 5.18. The molecule has 0 spiro atoms. The van der Waals surface area contributed by atoms with Gasteiger partial charge < -0.3 is 4.74 Å². The van der Waals surface area contributed by atoms with Gasteiger partial charge in [-0.15, -0.1) is 0 Å². The maximum atomic E-state index is 11.1. The number of hydrogen-bond donors (Lipinski definition) is 0. The highest BCUT2D eigenvalue weighted by molar-refractivity contribution is 5.83. The third-order valence-electron chi connectivity index (χ3n) is 4.11. The Balaban J connectivity index is 2.75. The van der Waals surface area contributed by atoms with Crippen LogP contribution < -0.4 is 0 Å². The van der Waals surface area contributed by atoms with E-state index in [9.17, 15) is 4.79 Å². The normalized spacial score (nSPS) is 28.4. The van der Waals surface area contributed by atoms with Gasteiger partial charge in [0, 0.05) is 6.08 Å². The van der Waals surface area contributed by atoms with E-state index in [2.05, 4.69) is 37.7 Å². The molecule has 0 aromatic carbocycles. The molecule has 102 valence electrons. The van der Waals surface area contributed by atoms with Crippen LogP contribution in [0.25, 0.3) is 0 Å². The van der Waals surface area contributed by atoms with Crippen molar-refractivity contribution in [2.24, 2.45) is 17.3 Å². The van der Waals surface area contributed by atoms with Crippen LogP contribution in [-0.2, 0) is 9.53 Å². The number of esters is 1. The quantitative estimate of drug-likeness (QED) is 0.428. The Bertz CT molecular complexity index is 350. The molecule has 1 fully saturated rings. The van der Waals surface area contributed by atoms with Gasteiger partial charge in [0.1, 0.15) is 0 Å². The van der Waals surface area contributed by atoms with Crippen molar-refractivity contribution in [1.82, 2.24) is 0 Å². The molecular weight excluding hydrogens is 224 g/mol. The molecule has 1 aliphatic rings. The Labute approximate surface area is 111 Å². The van der Waals surface area contributed by atoms with E-state index in [1.54, 1.807) is 0 Å². The average molecular weight is 250 g/mol. The third kappa shape index (κ3) is 4.01. The highest BCUT2D eigenvalue weighted by Crippen LogP contribution is 2.44. The van der Waals surface area contributed by atoms with Crippen molar-refractivity contribution in [3.8, 4) is 0 Å². The van der Waals surface area contributed by atoms with Gasteiger partial charge in [0.05, 0.1) is 7.11 Å². The predicted octanol–water partition coefficient (Wildman–Crippen LogP) is 4.12. The van der Waals surface area contributed by atoms with Crippen molar-refractivity contribution in [1.29, 1.82) is 0 Å². The first-order valence-electron chi connectivity index (χ1n) is 6.81. The molecule has 0 bridgehead atoms.